The van der Waals surface area contributed by atoms with Crippen molar-refractivity contribution in [2.75, 3.05) is 25.0 Å². The Hall–Kier alpha value is -2.12. The van der Waals surface area contributed by atoms with E-state index < -0.39 is 0 Å². The van der Waals surface area contributed by atoms with Gasteiger partial charge in [-0.15, -0.1) is 0 Å². The molecule has 6 nitrogen and oxygen atoms in total. The van der Waals surface area contributed by atoms with E-state index in [-0.39, 0.29) is 5.97 Å². The number of piperidine rings is 1. The van der Waals surface area contributed by atoms with E-state index in [0.717, 1.165) is 36.2 Å². The lowest BCUT2D eigenvalue weighted by atomic mass is 9.59. The molecule has 2 atom stereocenters. The normalized spacial score (nSPS) is 26.2. The molecule has 2 unspecified atom stereocenters. The second-order valence-corrected chi connectivity index (χ2v) is 12.2. The van der Waals surface area contributed by atoms with Gasteiger partial charge in [0, 0.05) is 43.3 Å². The average Bonchev–Trinajstić information content (AvgIpc) is 2.77. The Balaban J connectivity index is 1.29. The van der Waals surface area contributed by atoms with Crippen LogP contribution in [0.25, 0.3) is 0 Å². The molecule has 0 radical (unpaired) electrons. The monoisotopic (exact) mass is 480 g/mol. The highest BCUT2D eigenvalue weighted by Crippen LogP contribution is 2.50. The molecule has 7 heteroatoms. The average molecular weight is 481 g/mol. The predicted molar refractivity (Wildman–Crippen MR) is 135 cm³/mol. The van der Waals surface area contributed by atoms with Crippen molar-refractivity contribution >= 4 is 29.2 Å². The molecular formula is C27H36N4O2S. The quantitative estimate of drug-likeness (QED) is 0.466. The summed E-state index contributed by atoms with van der Waals surface area (Å²) in [6, 6.07) is 6.70. The fourth-order valence-electron chi connectivity index (χ4n) is 6.14. The van der Waals surface area contributed by atoms with Crippen LogP contribution in [0.3, 0.4) is 0 Å². The van der Waals surface area contributed by atoms with Gasteiger partial charge in [-0.1, -0.05) is 38.6 Å². The number of fused-ring (bicyclic) bond motifs is 4. The number of hydrogen-bond acceptors (Lipinski definition) is 7. The molecule has 1 aromatic heterocycles. The van der Waals surface area contributed by atoms with E-state index in [1.165, 1.54) is 23.3 Å². The fraction of sp³-hybridized carbons (Fsp3) is 0.593. The lowest BCUT2D eigenvalue weighted by Crippen LogP contribution is -2.52. The van der Waals surface area contributed by atoms with E-state index in [1.54, 1.807) is 24.2 Å². The van der Waals surface area contributed by atoms with Gasteiger partial charge in [0.1, 0.15) is 5.03 Å². The van der Waals surface area contributed by atoms with Crippen molar-refractivity contribution in [3.05, 3.63) is 36.2 Å². The molecule has 1 aliphatic carbocycles. The van der Waals surface area contributed by atoms with Gasteiger partial charge in [0.2, 0.25) is 0 Å². The van der Waals surface area contributed by atoms with Crippen LogP contribution in [0.5, 0.6) is 0 Å². The third kappa shape index (κ3) is 4.96. The summed E-state index contributed by atoms with van der Waals surface area (Å²) in [4.78, 5) is 25.0. The number of benzene rings is 1. The minimum Gasteiger partial charge on any atom is -0.466 e. The summed E-state index contributed by atoms with van der Waals surface area (Å²) in [6.45, 7) is 12.5. The summed E-state index contributed by atoms with van der Waals surface area (Å²) >= 11 is 1.67. The minimum atomic E-state index is -0.0215. The van der Waals surface area contributed by atoms with Gasteiger partial charge in [0.05, 0.1) is 12.3 Å². The maximum Gasteiger partial charge on any atom is 0.306 e. The first-order valence-electron chi connectivity index (χ1n) is 12.6. The Morgan fingerprint density at radius 2 is 1.91 bits per heavy atom. The molecule has 2 bridgehead atoms. The minimum absolute atomic E-state index is 0.0215. The van der Waals surface area contributed by atoms with Crippen LogP contribution in [0, 0.1) is 29.1 Å². The molecule has 34 heavy (non-hydrogen) atoms. The van der Waals surface area contributed by atoms with Gasteiger partial charge >= 0.3 is 5.97 Å². The number of anilines is 2. The van der Waals surface area contributed by atoms with Crippen molar-refractivity contribution in [2.45, 2.75) is 63.4 Å². The molecule has 0 amide bonds. The first kappa shape index (κ1) is 23.6. The molecule has 0 spiro atoms. The SMILES string of the molecule is CCOC(=O)CC1C2CC(C(C)(C)C)CC1CN(Cc1ccc3c(c1)Nc1nccnc1S3)C2. The van der Waals surface area contributed by atoms with E-state index in [2.05, 4.69) is 59.2 Å². The maximum absolute atomic E-state index is 12.4. The van der Waals surface area contributed by atoms with Gasteiger partial charge in [0.15, 0.2) is 5.82 Å². The first-order valence-corrected chi connectivity index (χ1v) is 13.4. The van der Waals surface area contributed by atoms with Crippen LogP contribution >= 0.6 is 11.8 Å². The number of carbonyl (C=O) groups is 1. The highest BCUT2D eigenvalue weighted by atomic mass is 32.2. The van der Waals surface area contributed by atoms with Crippen LogP contribution in [0.15, 0.2) is 40.5 Å². The molecule has 182 valence electrons. The summed E-state index contributed by atoms with van der Waals surface area (Å²) in [5, 5.41) is 4.38. The maximum atomic E-state index is 12.4. The van der Waals surface area contributed by atoms with Crippen LogP contribution in [0.1, 0.15) is 52.5 Å². The van der Waals surface area contributed by atoms with Crippen LogP contribution in [-0.2, 0) is 16.1 Å². The van der Waals surface area contributed by atoms with Crippen molar-refractivity contribution in [2.24, 2.45) is 29.1 Å². The van der Waals surface area contributed by atoms with Crippen LogP contribution in [0.4, 0.5) is 11.5 Å². The number of ether oxygens (including phenoxy) is 1. The number of nitrogens with one attached hydrogen (secondary N) is 1. The molecule has 2 aliphatic heterocycles. The van der Waals surface area contributed by atoms with Crippen molar-refractivity contribution in [3.8, 4) is 0 Å². The van der Waals surface area contributed by atoms with Crippen molar-refractivity contribution in [1.82, 2.24) is 14.9 Å². The lowest BCUT2D eigenvalue weighted by Gasteiger charge is -2.52. The molecule has 1 saturated heterocycles. The van der Waals surface area contributed by atoms with Gasteiger partial charge in [-0.25, -0.2) is 9.97 Å². The molecule has 1 aromatic carbocycles. The predicted octanol–water partition coefficient (Wildman–Crippen LogP) is 5.76. The third-order valence-electron chi connectivity index (χ3n) is 7.88. The molecule has 3 heterocycles. The first-order chi connectivity index (χ1) is 16.3. The Kier molecular flexibility index (Phi) is 6.60. The summed E-state index contributed by atoms with van der Waals surface area (Å²) in [5.41, 5.74) is 2.74. The number of nitrogens with zero attached hydrogens (tertiary/aromatic N) is 3. The summed E-state index contributed by atoms with van der Waals surface area (Å²) < 4.78 is 5.33. The van der Waals surface area contributed by atoms with Crippen LogP contribution in [-0.4, -0.2) is 40.5 Å². The topological polar surface area (TPSA) is 67.3 Å². The van der Waals surface area contributed by atoms with Gasteiger partial charge in [-0.2, -0.15) is 0 Å². The van der Waals surface area contributed by atoms with E-state index in [1.807, 2.05) is 6.92 Å². The second-order valence-electron chi connectivity index (χ2n) is 11.2. The Bertz CT molecular complexity index is 1040. The van der Waals surface area contributed by atoms with Gasteiger partial charge in [0.25, 0.3) is 0 Å². The van der Waals surface area contributed by atoms with E-state index in [9.17, 15) is 4.79 Å². The van der Waals surface area contributed by atoms with Gasteiger partial charge in [-0.05, 0) is 66.5 Å². The summed E-state index contributed by atoms with van der Waals surface area (Å²) in [5.74, 6) is 3.08. The van der Waals surface area contributed by atoms with Gasteiger partial charge in [-0.3, -0.25) is 9.69 Å². The molecule has 1 N–H and O–H groups in total. The Morgan fingerprint density at radius 1 is 1.18 bits per heavy atom. The van der Waals surface area contributed by atoms with Crippen molar-refractivity contribution in [3.63, 3.8) is 0 Å². The number of carbonyl (C=O) groups excluding carboxylic acids is 1. The van der Waals surface area contributed by atoms with E-state index in [0.29, 0.717) is 42.1 Å². The second kappa shape index (κ2) is 9.50. The van der Waals surface area contributed by atoms with E-state index in [4.69, 9.17) is 4.74 Å². The summed E-state index contributed by atoms with van der Waals surface area (Å²) in [6.07, 6.45) is 6.45. The zero-order valence-corrected chi connectivity index (χ0v) is 21.5. The Morgan fingerprint density at radius 3 is 2.62 bits per heavy atom. The van der Waals surface area contributed by atoms with E-state index >= 15 is 0 Å². The molecular weight excluding hydrogens is 444 g/mol. The van der Waals surface area contributed by atoms with Gasteiger partial charge < -0.3 is 10.1 Å². The molecule has 2 fully saturated rings. The highest BCUT2D eigenvalue weighted by Gasteiger charge is 2.46. The summed E-state index contributed by atoms with van der Waals surface area (Å²) in [7, 11) is 0. The highest BCUT2D eigenvalue weighted by molar-refractivity contribution is 7.99. The zero-order valence-electron chi connectivity index (χ0n) is 20.7. The molecule has 1 saturated carbocycles. The largest absolute Gasteiger partial charge is 0.466 e. The van der Waals surface area contributed by atoms with Crippen molar-refractivity contribution in [1.29, 1.82) is 0 Å². The number of rotatable bonds is 5. The molecule has 2 aromatic rings. The van der Waals surface area contributed by atoms with Crippen LogP contribution < -0.4 is 5.32 Å². The smallest absolute Gasteiger partial charge is 0.306 e. The number of aromatic nitrogens is 2. The molecule has 3 aliphatic rings. The fourth-order valence-corrected chi connectivity index (χ4v) is 7.02. The molecule has 5 rings (SSSR count). The van der Waals surface area contributed by atoms with Crippen LogP contribution in [0.2, 0.25) is 0 Å². The van der Waals surface area contributed by atoms with Crippen molar-refractivity contribution < 1.29 is 9.53 Å². The number of hydrogen-bond donors (Lipinski definition) is 1. The third-order valence-corrected chi connectivity index (χ3v) is 8.95. The number of esters is 1. The Labute approximate surface area is 207 Å². The zero-order chi connectivity index (χ0) is 23.9. The number of likely N-dealkylation sites (tertiary alicyclic amines) is 1. The standard InChI is InChI=1S/C27H36N4O2S/c1-5-33-24(32)13-21-18-11-20(27(2,3)4)12-19(21)16-31(15-18)14-17-6-7-23-22(10-17)30-25-26(34-23)29-9-8-28-25/h6-10,18-21H,5,11-16H2,1-4H3,(H,28,30). The lowest BCUT2D eigenvalue weighted by molar-refractivity contribution is -0.147.